The Morgan fingerprint density at radius 2 is 2.05 bits per heavy atom. The Kier molecular flexibility index (Phi) is 3.81. The van der Waals surface area contributed by atoms with Gasteiger partial charge in [-0.3, -0.25) is 16.3 Å². The van der Waals surface area contributed by atoms with Gasteiger partial charge in [-0.15, -0.1) is 0 Å². The molecule has 3 nitrogen and oxygen atoms in total. The first-order chi connectivity index (χ1) is 9.76. The average Bonchev–Trinajstić information content (AvgIpc) is 2.92. The molecule has 3 N–H and O–H groups in total. The summed E-state index contributed by atoms with van der Waals surface area (Å²) in [5.74, 6) is 5.74. The number of nitrogens with one attached hydrogen (secondary N) is 1. The van der Waals surface area contributed by atoms with Gasteiger partial charge in [-0.25, -0.2) is 0 Å². The first-order valence-electron chi connectivity index (χ1n) is 7.24. The van der Waals surface area contributed by atoms with Crippen LogP contribution in [0.3, 0.4) is 0 Å². The largest absolute Gasteiger partial charge is 0.271 e. The Bertz CT molecular complexity index is 607. The van der Waals surface area contributed by atoms with E-state index in [-0.39, 0.29) is 6.04 Å². The van der Waals surface area contributed by atoms with E-state index in [1.54, 1.807) is 0 Å². The number of hydrazine groups is 1. The van der Waals surface area contributed by atoms with Gasteiger partial charge in [-0.2, -0.15) is 0 Å². The Balaban J connectivity index is 1.81. The first kappa shape index (κ1) is 13.3. The summed E-state index contributed by atoms with van der Waals surface area (Å²) in [6.07, 6.45) is 8.40. The third-order valence-corrected chi connectivity index (χ3v) is 4.10. The minimum absolute atomic E-state index is 0.113. The van der Waals surface area contributed by atoms with Gasteiger partial charge in [0.05, 0.1) is 6.04 Å². The predicted molar refractivity (Wildman–Crippen MR) is 81.2 cm³/mol. The second-order valence-electron chi connectivity index (χ2n) is 5.68. The van der Waals surface area contributed by atoms with E-state index in [2.05, 4.69) is 41.6 Å². The maximum Gasteiger partial charge on any atom is 0.0515 e. The number of benzene rings is 1. The zero-order valence-electron chi connectivity index (χ0n) is 11.9. The highest BCUT2D eigenvalue weighted by molar-refractivity contribution is 5.36. The molecule has 0 saturated heterocycles. The molecule has 1 atom stereocenters. The van der Waals surface area contributed by atoms with Crippen LogP contribution in [0.1, 0.15) is 40.3 Å². The maximum absolute atomic E-state index is 5.74. The first-order valence-corrected chi connectivity index (χ1v) is 7.24. The fraction of sp³-hybridized carbons (Fsp3) is 0.353. The molecule has 2 aromatic rings. The number of hydrogen-bond acceptors (Lipinski definition) is 3. The van der Waals surface area contributed by atoms with Gasteiger partial charge in [-0.05, 0) is 60.4 Å². The number of aryl methyl sites for hydroxylation is 3. The summed E-state index contributed by atoms with van der Waals surface area (Å²) in [4.78, 5) is 4.26. The molecule has 1 aliphatic carbocycles. The third kappa shape index (κ3) is 2.74. The van der Waals surface area contributed by atoms with Crippen LogP contribution in [0.2, 0.25) is 0 Å². The Morgan fingerprint density at radius 3 is 2.85 bits per heavy atom. The van der Waals surface area contributed by atoms with Crippen LogP contribution in [0.4, 0.5) is 0 Å². The van der Waals surface area contributed by atoms with E-state index >= 15 is 0 Å². The van der Waals surface area contributed by atoms with Gasteiger partial charge in [0.15, 0.2) is 0 Å². The summed E-state index contributed by atoms with van der Waals surface area (Å²) in [6.45, 7) is 2.06. The van der Waals surface area contributed by atoms with Gasteiger partial charge in [0.25, 0.3) is 0 Å². The zero-order chi connectivity index (χ0) is 13.9. The SMILES string of the molecule is Cc1cncc(C(Cc2ccc3c(c2)CCC3)NN)c1. The molecular weight excluding hydrogens is 246 g/mol. The van der Waals surface area contributed by atoms with Crippen LogP contribution in [-0.4, -0.2) is 4.98 Å². The number of fused-ring (bicyclic) bond motifs is 1. The molecule has 0 amide bonds. The van der Waals surface area contributed by atoms with Gasteiger partial charge in [0, 0.05) is 12.4 Å². The molecular formula is C17H21N3. The van der Waals surface area contributed by atoms with E-state index in [9.17, 15) is 0 Å². The number of nitrogens with zero attached hydrogens (tertiary/aromatic N) is 1. The molecule has 1 unspecified atom stereocenters. The number of hydrogen-bond donors (Lipinski definition) is 2. The second-order valence-corrected chi connectivity index (χ2v) is 5.68. The molecule has 3 heteroatoms. The molecule has 1 aromatic heterocycles. The summed E-state index contributed by atoms with van der Waals surface area (Å²) in [7, 11) is 0. The third-order valence-electron chi connectivity index (χ3n) is 4.10. The summed E-state index contributed by atoms with van der Waals surface area (Å²) in [5.41, 5.74) is 9.61. The Labute approximate surface area is 120 Å². The van der Waals surface area contributed by atoms with Crippen molar-refractivity contribution in [1.82, 2.24) is 10.4 Å². The lowest BCUT2D eigenvalue weighted by atomic mass is 9.97. The van der Waals surface area contributed by atoms with E-state index in [4.69, 9.17) is 5.84 Å². The average molecular weight is 267 g/mol. The van der Waals surface area contributed by atoms with Crippen LogP contribution in [0.5, 0.6) is 0 Å². The van der Waals surface area contributed by atoms with Crippen LogP contribution in [0.15, 0.2) is 36.7 Å². The highest BCUT2D eigenvalue weighted by atomic mass is 15.2. The molecule has 0 radical (unpaired) electrons. The van der Waals surface area contributed by atoms with Gasteiger partial charge in [0.2, 0.25) is 0 Å². The van der Waals surface area contributed by atoms with Crippen molar-refractivity contribution in [3.05, 3.63) is 64.5 Å². The second kappa shape index (κ2) is 5.73. The molecule has 20 heavy (non-hydrogen) atoms. The standard InChI is InChI=1S/C17H21N3/c1-12-7-16(11-19-10-12)17(20-18)9-13-5-6-14-3-2-4-15(14)8-13/h5-8,10-11,17,20H,2-4,9,18H2,1H3. The number of aromatic nitrogens is 1. The van der Waals surface area contributed by atoms with Gasteiger partial charge in [0.1, 0.15) is 0 Å². The molecule has 0 aliphatic heterocycles. The monoisotopic (exact) mass is 267 g/mol. The lowest BCUT2D eigenvalue weighted by Crippen LogP contribution is -2.29. The van der Waals surface area contributed by atoms with Crippen molar-refractivity contribution in [3.63, 3.8) is 0 Å². The molecule has 0 spiro atoms. The van der Waals surface area contributed by atoms with Gasteiger partial charge in [-0.1, -0.05) is 24.3 Å². The lowest BCUT2D eigenvalue weighted by Gasteiger charge is -2.17. The minimum atomic E-state index is 0.113. The van der Waals surface area contributed by atoms with Crippen molar-refractivity contribution in [1.29, 1.82) is 0 Å². The van der Waals surface area contributed by atoms with Gasteiger partial charge >= 0.3 is 0 Å². The molecule has 104 valence electrons. The van der Waals surface area contributed by atoms with Crippen molar-refractivity contribution in [3.8, 4) is 0 Å². The minimum Gasteiger partial charge on any atom is -0.271 e. The molecule has 3 rings (SSSR count). The summed E-state index contributed by atoms with van der Waals surface area (Å²) in [5, 5.41) is 0. The normalized spacial score (nSPS) is 15.1. The van der Waals surface area contributed by atoms with Crippen molar-refractivity contribution in [2.75, 3.05) is 0 Å². The van der Waals surface area contributed by atoms with E-state index in [1.807, 2.05) is 12.4 Å². The molecule has 1 aliphatic rings. The molecule has 1 aromatic carbocycles. The summed E-state index contributed by atoms with van der Waals surface area (Å²) < 4.78 is 0. The molecule has 0 bridgehead atoms. The molecule has 1 heterocycles. The number of rotatable bonds is 4. The van der Waals surface area contributed by atoms with E-state index in [0.29, 0.717) is 0 Å². The van der Waals surface area contributed by atoms with Crippen LogP contribution in [-0.2, 0) is 19.3 Å². The highest BCUT2D eigenvalue weighted by Crippen LogP contribution is 2.25. The van der Waals surface area contributed by atoms with E-state index < -0.39 is 0 Å². The Morgan fingerprint density at radius 1 is 1.20 bits per heavy atom. The van der Waals surface area contributed by atoms with E-state index in [1.165, 1.54) is 36.0 Å². The summed E-state index contributed by atoms with van der Waals surface area (Å²) >= 11 is 0. The summed E-state index contributed by atoms with van der Waals surface area (Å²) in [6, 6.07) is 9.11. The number of pyridine rings is 1. The quantitative estimate of drug-likeness (QED) is 0.661. The maximum atomic E-state index is 5.74. The van der Waals surface area contributed by atoms with Crippen molar-refractivity contribution < 1.29 is 0 Å². The topological polar surface area (TPSA) is 50.9 Å². The fourth-order valence-corrected chi connectivity index (χ4v) is 3.03. The highest BCUT2D eigenvalue weighted by Gasteiger charge is 2.14. The Hall–Kier alpha value is -1.71. The van der Waals surface area contributed by atoms with Gasteiger partial charge < -0.3 is 0 Å². The zero-order valence-corrected chi connectivity index (χ0v) is 11.9. The molecule has 0 fully saturated rings. The smallest absolute Gasteiger partial charge is 0.0515 e. The predicted octanol–water partition coefficient (Wildman–Crippen LogP) is 2.63. The van der Waals surface area contributed by atoms with Crippen molar-refractivity contribution >= 4 is 0 Å². The lowest BCUT2D eigenvalue weighted by molar-refractivity contribution is 0.549. The van der Waals surface area contributed by atoms with Crippen LogP contribution in [0, 0.1) is 6.92 Å². The van der Waals surface area contributed by atoms with Crippen LogP contribution >= 0.6 is 0 Å². The number of nitrogens with two attached hydrogens (primary N) is 1. The van der Waals surface area contributed by atoms with Crippen LogP contribution < -0.4 is 11.3 Å². The van der Waals surface area contributed by atoms with Crippen molar-refractivity contribution in [2.45, 2.75) is 38.6 Å². The van der Waals surface area contributed by atoms with E-state index in [0.717, 1.165) is 17.5 Å². The fourth-order valence-electron chi connectivity index (χ4n) is 3.03. The molecule has 0 saturated carbocycles. The van der Waals surface area contributed by atoms with Crippen molar-refractivity contribution in [2.24, 2.45) is 5.84 Å². The van der Waals surface area contributed by atoms with Crippen LogP contribution in [0.25, 0.3) is 0 Å².